The van der Waals surface area contributed by atoms with Crippen LogP contribution in [0.4, 0.5) is 9.59 Å². The minimum atomic E-state index is -1.05. The molecule has 1 rings (SSSR count). The van der Waals surface area contributed by atoms with Crippen molar-refractivity contribution in [2.24, 2.45) is 5.73 Å². The number of carbonyl (C=O) groups is 3. The number of carboxylic acid groups (broad SMARTS) is 1. The monoisotopic (exact) mass is 510 g/mol. The molecule has 0 aliphatic carbocycles. The topological polar surface area (TPSA) is 152 Å². The van der Waals surface area contributed by atoms with Crippen molar-refractivity contribution in [2.45, 2.75) is 58.7 Å². The number of alkyl carbamates (subject to hydrolysis) is 1. The number of ether oxygens (including phenoxy) is 3. The molecule has 2 amide bonds. The van der Waals surface area contributed by atoms with Crippen molar-refractivity contribution >= 4 is 18.2 Å². The summed E-state index contributed by atoms with van der Waals surface area (Å²) in [6.45, 7) is 8.88. The van der Waals surface area contributed by atoms with Gasteiger partial charge >= 0.3 is 18.2 Å². The molecule has 1 aromatic rings. The summed E-state index contributed by atoms with van der Waals surface area (Å²) < 4.78 is 15.7. The highest BCUT2D eigenvalue weighted by Gasteiger charge is 2.16. The van der Waals surface area contributed by atoms with Crippen molar-refractivity contribution in [1.29, 1.82) is 0 Å². The number of nitrogens with one attached hydrogen (secondary N) is 2. The molecule has 0 unspecified atom stereocenters. The first-order valence-corrected chi connectivity index (χ1v) is 12.3. The Morgan fingerprint density at radius 1 is 0.972 bits per heavy atom. The Hall–Kier alpha value is -3.05. The lowest BCUT2D eigenvalue weighted by molar-refractivity contribution is -0.139. The van der Waals surface area contributed by atoms with E-state index in [0.717, 1.165) is 37.9 Å². The first-order chi connectivity index (χ1) is 17.1. The van der Waals surface area contributed by atoms with E-state index in [1.54, 1.807) is 29.2 Å². The fraction of sp³-hybridized carbons (Fsp3) is 0.640. The number of nitrogens with zero attached hydrogens (tertiary/aromatic N) is 1. The van der Waals surface area contributed by atoms with E-state index in [9.17, 15) is 14.4 Å². The second kappa shape index (κ2) is 17.4. The Morgan fingerprint density at radius 2 is 1.64 bits per heavy atom. The van der Waals surface area contributed by atoms with Crippen molar-refractivity contribution in [3.63, 3.8) is 0 Å². The zero-order valence-electron chi connectivity index (χ0n) is 21.7. The number of unbranched alkanes of at least 4 members (excludes halogenated alkanes) is 1. The van der Waals surface area contributed by atoms with Gasteiger partial charge in [-0.2, -0.15) is 0 Å². The zero-order valence-corrected chi connectivity index (χ0v) is 21.7. The molecule has 0 radical (unpaired) electrons. The fourth-order valence-corrected chi connectivity index (χ4v) is 3.04. The van der Waals surface area contributed by atoms with Crippen LogP contribution in [-0.2, 0) is 20.9 Å². The number of aliphatic carboxylic acids is 1. The summed E-state index contributed by atoms with van der Waals surface area (Å²) in [5, 5.41) is 14.7. The molecular formula is C25H42N4O7. The first-order valence-electron chi connectivity index (χ1n) is 12.3. The van der Waals surface area contributed by atoms with E-state index in [4.69, 9.17) is 25.1 Å². The second-order valence-corrected chi connectivity index (χ2v) is 9.25. The van der Waals surface area contributed by atoms with Crippen LogP contribution < -0.4 is 21.1 Å². The Labute approximate surface area is 213 Å². The molecule has 204 valence electrons. The lowest BCUT2D eigenvalue weighted by atomic mass is 10.2. The number of nitrogens with two attached hydrogens (primary N) is 1. The predicted molar refractivity (Wildman–Crippen MR) is 136 cm³/mol. The van der Waals surface area contributed by atoms with Crippen LogP contribution in [-0.4, -0.2) is 79.6 Å². The normalized spacial score (nSPS) is 11.0. The van der Waals surface area contributed by atoms with E-state index < -0.39 is 30.4 Å². The Morgan fingerprint density at radius 3 is 2.28 bits per heavy atom. The van der Waals surface area contributed by atoms with Crippen molar-refractivity contribution in [2.75, 3.05) is 45.9 Å². The molecule has 0 atom stereocenters. The van der Waals surface area contributed by atoms with Crippen molar-refractivity contribution in [1.82, 2.24) is 15.5 Å². The number of hydrogen-bond donors (Lipinski definition) is 4. The largest absolute Gasteiger partial charge is 0.482 e. The van der Waals surface area contributed by atoms with Gasteiger partial charge in [-0.25, -0.2) is 14.4 Å². The van der Waals surface area contributed by atoms with Crippen LogP contribution in [0.5, 0.6) is 5.75 Å². The molecule has 0 heterocycles. The van der Waals surface area contributed by atoms with Gasteiger partial charge in [0.1, 0.15) is 18.0 Å². The molecule has 0 aromatic heterocycles. The van der Waals surface area contributed by atoms with Gasteiger partial charge in [0.25, 0.3) is 0 Å². The Bertz CT molecular complexity index is 782. The molecule has 0 bridgehead atoms. The van der Waals surface area contributed by atoms with Gasteiger partial charge in [0.15, 0.2) is 6.61 Å². The standard InChI is InChI=1S/C25H42N4O7/c1-25(2,3)36-23(32)28-15-7-14-27-13-4-5-16-29(17-6-12-26)24(33)35-18-20-8-10-21(11-9-20)34-19-22(30)31/h8-11,27H,4-7,12-19,26H2,1-3H3,(H,28,32)(H,30,31). The summed E-state index contributed by atoms with van der Waals surface area (Å²) in [5.41, 5.74) is 5.88. The predicted octanol–water partition coefficient (Wildman–Crippen LogP) is 2.72. The van der Waals surface area contributed by atoms with Gasteiger partial charge < -0.3 is 40.6 Å². The van der Waals surface area contributed by atoms with Gasteiger partial charge in [0.05, 0.1) is 0 Å². The highest BCUT2D eigenvalue weighted by atomic mass is 16.6. The number of rotatable bonds is 17. The van der Waals surface area contributed by atoms with Crippen LogP contribution in [0.25, 0.3) is 0 Å². The molecular weight excluding hydrogens is 468 g/mol. The van der Waals surface area contributed by atoms with Gasteiger partial charge in [-0.15, -0.1) is 0 Å². The highest BCUT2D eigenvalue weighted by Crippen LogP contribution is 2.13. The van der Waals surface area contributed by atoms with Crippen molar-refractivity contribution in [3.05, 3.63) is 29.8 Å². The maximum Gasteiger partial charge on any atom is 0.410 e. The number of benzene rings is 1. The minimum absolute atomic E-state index is 0.107. The quantitative estimate of drug-likeness (QED) is 0.232. The van der Waals surface area contributed by atoms with Crippen LogP contribution in [0.3, 0.4) is 0 Å². The number of amides is 2. The number of hydrogen-bond acceptors (Lipinski definition) is 8. The summed E-state index contributed by atoms with van der Waals surface area (Å²) in [5.74, 6) is -0.612. The van der Waals surface area contributed by atoms with Gasteiger partial charge in [-0.05, 0) is 83.8 Å². The average Bonchev–Trinajstić information content (AvgIpc) is 2.81. The maximum atomic E-state index is 12.6. The van der Waals surface area contributed by atoms with Crippen LogP contribution >= 0.6 is 0 Å². The molecule has 11 heteroatoms. The van der Waals surface area contributed by atoms with Gasteiger partial charge in [0.2, 0.25) is 0 Å². The molecule has 0 aliphatic rings. The minimum Gasteiger partial charge on any atom is -0.482 e. The van der Waals surface area contributed by atoms with E-state index in [1.165, 1.54) is 0 Å². The molecule has 11 nitrogen and oxygen atoms in total. The summed E-state index contributed by atoms with van der Waals surface area (Å²) in [7, 11) is 0. The summed E-state index contributed by atoms with van der Waals surface area (Å²) in [4.78, 5) is 36.4. The smallest absolute Gasteiger partial charge is 0.410 e. The Kier molecular flexibility index (Phi) is 15.0. The summed E-state index contributed by atoms with van der Waals surface area (Å²) in [6.07, 6.45) is 2.39. The van der Waals surface area contributed by atoms with Crippen LogP contribution in [0.15, 0.2) is 24.3 Å². The summed E-state index contributed by atoms with van der Waals surface area (Å²) >= 11 is 0. The van der Waals surface area contributed by atoms with Gasteiger partial charge in [0, 0.05) is 19.6 Å². The molecule has 36 heavy (non-hydrogen) atoms. The van der Waals surface area contributed by atoms with Crippen molar-refractivity contribution in [3.8, 4) is 5.75 Å². The SMILES string of the molecule is CC(C)(C)OC(=O)NCCCNCCCCN(CCCN)C(=O)OCc1ccc(OCC(=O)O)cc1. The van der Waals surface area contributed by atoms with E-state index in [1.807, 2.05) is 20.8 Å². The maximum absolute atomic E-state index is 12.6. The zero-order chi connectivity index (χ0) is 26.8. The third-order valence-corrected chi connectivity index (χ3v) is 4.77. The number of carboxylic acids is 1. The third kappa shape index (κ3) is 15.8. The van der Waals surface area contributed by atoms with E-state index in [0.29, 0.717) is 38.3 Å². The third-order valence-electron chi connectivity index (χ3n) is 4.77. The van der Waals surface area contributed by atoms with E-state index >= 15 is 0 Å². The van der Waals surface area contributed by atoms with E-state index in [-0.39, 0.29) is 6.61 Å². The molecule has 0 fully saturated rings. The molecule has 1 aromatic carbocycles. The van der Waals surface area contributed by atoms with Crippen LogP contribution in [0, 0.1) is 0 Å². The number of carbonyl (C=O) groups excluding carboxylic acids is 2. The van der Waals surface area contributed by atoms with Crippen LogP contribution in [0.1, 0.15) is 52.0 Å². The highest BCUT2D eigenvalue weighted by molar-refractivity contribution is 5.68. The lowest BCUT2D eigenvalue weighted by Crippen LogP contribution is -2.35. The second-order valence-electron chi connectivity index (χ2n) is 9.25. The van der Waals surface area contributed by atoms with Crippen LogP contribution in [0.2, 0.25) is 0 Å². The van der Waals surface area contributed by atoms with Gasteiger partial charge in [-0.3, -0.25) is 0 Å². The Balaban J connectivity index is 2.24. The molecule has 5 N–H and O–H groups in total. The molecule has 0 aliphatic heterocycles. The average molecular weight is 511 g/mol. The molecule has 0 saturated carbocycles. The van der Waals surface area contributed by atoms with E-state index in [2.05, 4.69) is 10.6 Å². The van der Waals surface area contributed by atoms with Crippen molar-refractivity contribution < 1.29 is 33.7 Å². The van der Waals surface area contributed by atoms with Gasteiger partial charge in [-0.1, -0.05) is 12.1 Å². The fourth-order valence-electron chi connectivity index (χ4n) is 3.04. The molecule has 0 spiro atoms. The lowest BCUT2D eigenvalue weighted by Gasteiger charge is -2.22. The molecule has 0 saturated heterocycles. The first kappa shape index (κ1) is 31.0. The summed E-state index contributed by atoms with van der Waals surface area (Å²) in [6, 6.07) is 6.73.